The normalized spacial score (nSPS) is 21.5. The van der Waals surface area contributed by atoms with E-state index in [4.69, 9.17) is 9.47 Å². The van der Waals surface area contributed by atoms with Gasteiger partial charge in [0.25, 0.3) is 0 Å². The van der Waals surface area contributed by atoms with E-state index >= 15 is 0 Å². The summed E-state index contributed by atoms with van der Waals surface area (Å²) in [6.07, 6.45) is 5.16. The van der Waals surface area contributed by atoms with Crippen molar-refractivity contribution in [1.29, 1.82) is 0 Å². The van der Waals surface area contributed by atoms with Gasteiger partial charge in [-0.05, 0) is 74.4 Å². The Balaban J connectivity index is 0.000000206. The predicted molar refractivity (Wildman–Crippen MR) is 188 cm³/mol. The Morgan fingerprint density at radius 3 is 1.69 bits per heavy atom. The molecule has 49 heavy (non-hydrogen) atoms. The zero-order valence-corrected chi connectivity index (χ0v) is 30.6. The number of nitrogens with zero attached hydrogens (tertiary/aromatic N) is 6. The number of piperazine rings is 3. The molecule has 3 fully saturated rings. The molecule has 0 unspecified atom stereocenters. The molecule has 3 aliphatic rings. The van der Waals surface area contributed by atoms with Gasteiger partial charge in [-0.2, -0.15) is 0 Å². The molecule has 0 bridgehead atoms. The van der Waals surface area contributed by atoms with Crippen LogP contribution in [0.2, 0.25) is 0 Å². The molecule has 2 aromatic heterocycles. The van der Waals surface area contributed by atoms with E-state index in [0.29, 0.717) is 37.1 Å². The summed E-state index contributed by atoms with van der Waals surface area (Å²) < 4.78 is 37.9. The van der Waals surface area contributed by atoms with Gasteiger partial charge < -0.3 is 39.7 Å². The molecule has 3 atom stereocenters. The molecular formula is C35H56F2N8O4. The lowest BCUT2D eigenvalue weighted by Gasteiger charge is -2.41. The summed E-state index contributed by atoms with van der Waals surface area (Å²) >= 11 is 0. The Bertz CT molecular complexity index is 1360. The minimum Gasteiger partial charge on any atom is -0.444 e. The Kier molecular flexibility index (Phi) is 14.4. The second-order valence-corrected chi connectivity index (χ2v) is 14.7. The number of halogens is 2. The first kappa shape index (κ1) is 39.7. The standard InChI is InChI=1S/C15H22FN3O2.C10H14FN3.C10H20N2O2/c1-11-10-18(13-5-6-17-9-12(13)16)7-8-19(11)14(20)21-15(2,3)4;1-8-7-14(5-4-13-8)10-2-3-12-6-9(10)11;1-8-7-11-5-6-12(8)9(13)14-10(2,3)4/h5-6,9,11H,7-8,10H2,1-4H3;2-3,6,8,13H,4-5,7H2,1H3;8,11H,5-7H2,1-4H3/t11-;2*8-/m111/s1. The average Bonchev–Trinajstić information content (AvgIpc) is 3.00. The molecule has 3 aliphatic heterocycles. The fraction of sp³-hybridized carbons (Fsp3) is 0.657. The molecule has 12 nitrogen and oxygen atoms in total. The molecule has 3 saturated heterocycles. The molecule has 0 aromatic carbocycles. The van der Waals surface area contributed by atoms with E-state index in [-0.39, 0.29) is 35.9 Å². The summed E-state index contributed by atoms with van der Waals surface area (Å²) in [4.78, 5) is 38.8. The maximum Gasteiger partial charge on any atom is 0.410 e. The number of ether oxygens (including phenoxy) is 2. The van der Waals surface area contributed by atoms with Gasteiger partial charge in [-0.25, -0.2) is 18.4 Å². The highest BCUT2D eigenvalue weighted by Crippen LogP contribution is 2.23. The average molecular weight is 691 g/mol. The number of nitrogens with one attached hydrogen (secondary N) is 2. The summed E-state index contributed by atoms with van der Waals surface area (Å²) in [6, 6.07) is 3.98. The molecule has 14 heteroatoms. The van der Waals surface area contributed by atoms with Crippen molar-refractivity contribution in [3.8, 4) is 0 Å². The first-order valence-electron chi connectivity index (χ1n) is 17.1. The fourth-order valence-electron chi connectivity index (χ4n) is 5.60. The highest BCUT2D eigenvalue weighted by molar-refractivity contribution is 5.69. The van der Waals surface area contributed by atoms with Crippen LogP contribution in [0.3, 0.4) is 0 Å². The van der Waals surface area contributed by atoms with Gasteiger partial charge in [-0.15, -0.1) is 0 Å². The van der Waals surface area contributed by atoms with E-state index in [1.165, 1.54) is 12.4 Å². The zero-order chi connectivity index (χ0) is 36.4. The lowest BCUT2D eigenvalue weighted by atomic mass is 10.1. The molecule has 0 aliphatic carbocycles. The highest BCUT2D eigenvalue weighted by atomic mass is 19.1. The first-order chi connectivity index (χ1) is 22.9. The molecule has 274 valence electrons. The minimum absolute atomic E-state index is 0.0406. The topological polar surface area (TPSA) is 115 Å². The molecular weight excluding hydrogens is 634 g/mol. The Morgan fingerprint density at radius 2 is 1.24 bits per heavy atom. The van der Waals surface area contributed by atoms with Crippen LogP contribution in [0, 0.1) is 11.6 Å². The zero-order valence-electron chi connectivity index (χ0n) is 30.6. The van der Waals surface area contributed by atoms with Crippen LogP contribution < -0.4 is 20.4 Å². The third-order valence-electron chi connectivity index (χ3n) is 7.94. The van der Waals surface area contributed by atoms with Gasteiger partial charge in [0.2, 0.25) is 0 Å². The maximum absolute atomic E-state index is 13.8. The van der Waals surface area contributed by atoms with Crippen molar-refractivity contribution in [2.24, 2.45) is 0 Å². The van der Waals surface area contributed by atoms with Gasteiger partial charge >= 0.3 is 12.2 Å². The molecule has 2 amide bonds. The third kappa shape index (κ3) is 12.9. The van der Waals surface area contributed by atoms with E-state index in [9.17, 15) is 18.4 Å². The number of rotatable bonds is 2. The van der Waals surface area contributed by atoms with Gasteiger partial charge in [0, 0.05) is 89.4 Å². The quantitative estimate of drug-likeness (QED) is 0.451. The van der Waals surface area contributed by atoms with Crippen molar-refractivity contribution in [3.63, 3.8) is 0 Å². The highest BCUT2D eigenvalue weighted by Gasteiger charge is 2.32. The lowest BCUT2D eigenvalue weighted by molar-refractivity contribution is 0.0136. The van der Waals surface area contributed by atoms with Crippen molar-refractivity contribution in [2.75, 3.05) is 68.7 Å². The second kappa shape index (κ2) is 17.7. The lowest BCUT2D eigenvalue weighted by Crippen LogP contribution is -2.55. The van der Waals surface area contributed by atoms with Gasteiger partial charge in [0.05, 0.1) is 23.8 Å². The molecule has 0 saturated carbocycles. The van der Waals surface area contributed by atoms with Crippen LogP contribution in [0.5, 0.6) is 0 Å². The van der Waals surface area contributed by atoms with Gasteiger partial charge in [0.1, 0.15) is 11.2 Å². The molecule has 0 radical (unpaired) electrons. The van der Waals surface area contributed by atoms with E-state index in [2.05, 4.69) is 32.4 Å². The van der Waals surface area contributed by atoms with Gasteiger partial charge in [-0.3, -0.25) is 9.97 Å². The number of amides is 2. The molecule has 5 heterocycles. The van der Waals surface area contributed by atoms with Crippen LogP contribution >= 0.6 is 0 Å². The SMILES string of the molecule is C[C@@H]1CN(c2ccncc2F)CCN1.C[C@@H]1CN(c2ccncc2F)CCN1C(=O)OC(C)(C)C.C[C@@H]1CNCCN1C(=O)OC(C)(C)C. The van der Waals surface area contributed by atoms with Gasteiger partial charge in [0.15, 0.2) is 11.6 Å². The van der Waals surface area contributed by atoms with Crippen molar-refractivity contribution in [3.05, 3.63) is 48.6 Å². The van der Waals surface area contributed by atoms with Crippen LogP contribution in [-0.2, 0) is 9.47 Å². The van der Waals surface area contributed by atoms with Crippen LogP contribution in [-0.4, -0.2) is 120 Å². The maximum atomic E-state index is 13.8. The second-order valence-electron chi connectivity index (χ2n) is 14.7. The number of carbonyl (C=O) groups is 2. The molecule has 5 rings (SSSR count). The Morgan fingerprint density at radius 1 is 0.735 bits per heavy atom. The number of aromatic nitrogens is 2. The first-order valence-corrected chi connectivity index (χ1v) is 17.1. The smallest absolute Gasteiger partial charge is 0.410 e. The Hall–Kier alpha value is -3.78. The van der Waals surface area contributed by atoms with Crippen LogP contribution in [0.25, 0.3) is 0 Å². The van der Waals surface area contributed by atoms with Crippen LogP contribution in [0.15, 0.2) is 36.9 Å². The van der Waals surface area contributed by atoms with E-state index in [1.807, 2.05) is 60.3 Å². The summed E-state index contributed by atoms with van der Waals surface area (Å²) in [5, 5.41) is 6.55. The molecule has 0 spiro atoms. The largest absolute Gasteiger partial charge is 0.444 e. The summed E-state index contributed by atoms with van der Waals surface area (Å²) in [5.74, 6) is -0.572. The monoisotopic (exact) mass is 690 g/mol. The number of hydrogen-bond acceptors (Lipinski definition) is 10. The molecule has 2 aromatic rings. The predicted octanol–water partition coefficient (Wildman–Crippen LogP) is 4.90. The third-order valence-corrected chi connectivity index (χ3v) is 7.94. The Labute approximate surface area is 290 Å². The number of carbonyl (C=O) groups excluding carboxylic acids is 2. The van der Waals surface area contributed by atoms with E-state index in [0.717, 1.165) is 39.3 Å². The van der Waals surface area contributed by atoms with E-state index in [1.54, 1.807) is 34.3 Å². The number of pyridine rings is 2. The number of hydrogen-bond donors (Lipinski definition) is 2. The molecule has 2 N–H and O–H groups in total. The minimum atomic E-state index is -0.509. The van der Waals surface area contributed by atoms with Crippen molar-refractivity contribution in [2.45, 2.75) is 91.6 Å². The van der Waals surface area contributed by atoms with E-state index < -0.39 is 11.2 Å². The fourth-order valence-corrected chi connectivity index (χ4v) is 5.60. The van der Waals surface area contributed by atoms with Crippen LogP contribution in [0.1, 0.15) is 62.3 Å². The van der Waals surface area contributed by atoms with Gasteiger partial charge in [-0.1, -0.05) is 0 Å². The van der Waals surface area contributed by atoms with Crippen molar-refractivity contribution in [1.82, 2.24) is 30.4 Å². The van der Waals surface area contributed by atoms with Crippen molar-refractivity contribution < 1.29 is 27.8 Å². The van der Waals surface area contributed by atoms with Crippen molar-refractivity contribution >= 4 is 23.6 Å². The van der Waals surface area contributed by atoms with Crippen LogP contribution in [0.4, 0.5) is 29.7 Å². The summed E-state index contributed by atoms with van der Waals surface area (Å²) in [6.45, 7) is 24.0. The summed E-state index contributed by atoms with van der Waals surface area (Å²) in [7, 11) is 0. The summed E-state index contributed by atoms with van der Waals surface area (Å²) in [5.41, 5.74) is 0.279. The number of anilines is 2.